The quantitative estimate of drug-likeness (QED) is 0.907. The minimum Gasteiger partial charge on any atom is -0.352 e. The first kappa shape index (κ1) is 16.2. The van der Waals surface area contributed by atoms with Gasteiger partial charge in [0.05, 0.1) is 6.54 Å². The number of fused-ring (bicyclic) bond motifs is 1. The van der Waals surface area contributed by atoms with Gasteiger partial charge in [0.2, 0.25) is 5.91 Å². The molecule has 7 heteroatoms. The van der Waals surface area contributed by atoms with Gasteiger partial charge in [-0.15, -0.1) is 10.2 Å². The van der Waals surface area contributed by atoms with E-state index in [0.29, 0.717) is 6.54 Å². The summed E-state index contributed by atoms with van der Waals surface area (Å²) in [7, 11) is 0. The van der Waals surface area contributed by atoms with Gasteiger partial charge in [0.15, 0.2) is 5.82 Å². The molecule has 1 amide bonds. The maximum Gasteiger partial charge on any atom is 0.234 e. The number of amides is 1. The van der Waals surface area contributed by atoms with Gasteiger partial charge in [-0.2, -0.15) is 0 Å². The molecule has 2 aliphatic rings. The molecular formula is C18H24N6O. The first-order valence-corrected chi connectivity index (χ1v) is 9.14. The third-order valence-corrected chi connectivity index (χ3v) is 5.11. The summed E-state index contributed by atoms with van der Waals surface area (Å²) < 4.78 is 2.18. The molecule has 1 atom stereocenters. The van der Waals surface area contributed by atoms with Crippen molar-refractivity contribution in [3.05, 3.63) is 30.4 Å². The van der Waals surface area contributed by atoms with E-state index in [0.717, 1.165) is 56.1 Å². The lowest BCUT2D eigenvalue weighted by Gasteiger charge is -2.19. The van der Waals surface area contributed by atoms with Crippen LogP contribution in [0.2, 0.25) is 0 Å². The van der Waals surface area contributed by atoms with E-state index in [4.69, 9.17) is 0 Å². The molecule has 2 aromatic heterocycles. The van der Waals surface area contributed by atoms with E-state index in [1.54, 1.807) is 12.4 Å². The second-order valence-corrected chi connectivity index (χ2v) is 6.90. The van der Waals surface area contributed by atoms with Crippen LogP contribution in [-0.2, 0) is 17.8 Å². The van der Waals surface area contributed by atoms with E-state index in [9.17, 15) is 4.79 Å². The van der Waals surface area contributed by atoms with Gasteiger partial charge in [0, 0.05) is 37.0 Å². The smallest absolute Gasteiger partial charge is 0.234 e. The zero-order valence-corrected chi connectivity index (χ0v) is 14.4. The van der Waals surface area contributed by atoms with Crippen molar-refractivity contribution in [3.8, 4) is 11.4 Å². The van der Waals surface area contributed by atoms with Crippen molar-refractivity contribution in [2.24, 2.45) is 0 Å². The van der Waals surface area contributed by atoms with Crippen LogP contribution in [0.15, 0.2) is 24.5 Å². The Kier molecular flexibility index (Phi) is 4.74. The van der Waals surface area contributed by atoms with Crippen LogP contribution < -0.4 is 5.32 Å². The lowest BCUT2D eigenvalue weighted by atomic mass is 10.1. The molecule has 132 valence electrons. The lowest BCUT2D eigenvalue weighted by Crippen LogP contribution is -2.41. The number of nitrogens with one attached hydrogen (secondary N) is 1. The number of hydrogen-bond acceptors (Lipinski definition) is 5. The van der Waals surface area contributed by atoms with Crippen molar-refractivity contribution < 1.29 is 4.79 Å². The predicted octanol–water partition coefficient (Wildman–Crippen LogP) is 1.26. The summed E-state index contributed by atoms with van der Waals surface area (Å²) >= 11 is 0. The molecule has 1 N–H and O–H groups in total. The third-order valence-electron chi connectivity index (χ3n) is 5.11. The molecule has 25 heavy (non-hydrogen) atoms. The highest BCUT2D eigenvalue weighted by Crippen LogP contribution is 2.22. The number of carbonyl (C=O) groups is 1. The fraction of sp³-hybridized carbons (Fsp3) is 0.556. The van der Waals surface area contributed by atoms with Crippen molar-refractivity contribution >= 4 is 5.91 Å². The zero-order valence-electron chi connectivity index (χ0n) is 14.4. The molecule has 0 aliphatic carbocycles. The molecule has 1 fully saturated rings. The normalized spacial score (nSPS) is 20.9. The van der Waals surface area contributed by atoms with Crippen LogP contribution in [0.1, 0.15) is 31.5 Å². The molecule has 0 saturated carbocycles. The number of rotatable bonds is 4. The summed E-state index contributed by atoms with van der Waals surface area (Å²) in [6.45, 7) is 3.46. The topological polar surface area (TPSA) is 75.9 Å². The molecule has 0 bridgehead atoms. The molecule has 0 spiro atoms. The van der Waals surface area contributed by atoms with Gasteiger partial charge in [-0.05, 0) is 50.9 Å². The fourth-order valence-electron chi connectivity index (χ4n) is 3.76. The largest absolute Gasteiger partial charge is 0.352 e. The van der Waals surface area contributed by atoms with Crippen LogP contribution in [0, 0.1) is 0 Å². The summed E-state index contributed by atoms with van der Waals surface area (Å²) in [5.41, 5.74) is 1.03. The Labute approximate surface area is 147 Å². The van der Waals surface area contributed by atoms with Crippen LogP contribution >= 0.6 is 0 Å². The summed E-state index contributed by atoms with van der Waals surface area (Å²) in [4.78, 5) is 18.6. The summed E-state index contributed by atoms with van der Waals surface area (Å²) in [5.74, 6) is 2.04. The van der Waals surface area contributed by atoms with E-state index in [1.807, 2.05) is 12.1 Å². The molecule has 1 unspecified atom stereocenters. The van der Waals surface area contributed by atoms with Crippen LogP contribution in [0.25, 0.3) is 11.4 Å². The minimum absolute atomic E-state index is 0.152. The monoisotopic (exact) mass is 340 g/mol. The molecule has 1 saturated heterocycles. The number of pyridine rings is 1. The molecule has 7 nitrogen and oxygen atoms in total. The number of hydrogen-bond donors (Lipinski definition) is 1. The molecule has 2 aliphatic heterocycles. The number of aryl methyl sites for hydroxylation is 1. The van der Waals surface area contributed by atoms with Gasteiger partial charge in [-0.1, -0.05) is 0 Å². The second kappa shape index (κ2) is 7.31. The number of likely N-dealkylation sites (tertiary alicyclic amines) is 1. The standard InChI is InChI=1S/C18H24N6O/c25-17(13-23-10-1-2-11-23)20-15-3-4-16-21-22-18(24(16)12-7-15)14-5-8-19-9-6-14/h5-6,8-9,15H,1-4,7,10-13H2,(H,20,25). The van der Waals surface area contributed by atoms with E-state index < -0.39 is 0 Å². The molecule has 4 heterocycles. The van der Waals surface area contributed by atoms with Gasteiger partial charge in [0.25, 0.3) is 0 Å². The van der Waals surface area contributed by atoms with Crippen molar-refractivity contribution in [1.29, 1.82) is 0 Å². The predicted molar refractivity (Wildman–Crippen MR) is 93.8 cm³/mol. The van der Waals surface area contributed by atoms with Gasteiger partial charge in [0.1, 0.15) is 5.82 Å². The van der Waals surface area contributed by atoms with E-state index in [-0.39, 0.29) is 11.9 Å². The molecule has 0 radical (unpaired) electrons. The Bertz CT molecular complexity index is 722. The van der Waals surface area contributed by atoms with Gasteiger partial charge >= 0.3 is 0 Å². The average Bonchev–Trinajstić information content (AvgIpc) is 3.23. The van der Waals surface area contributed by atoms with Crippen LogP contribution in [-0.4, -0.2) is 56.2 Å². The molecule has 0 aromatic carbocycles. The summed E-state index contributed by atoms with van der Waals surface area (Å²) in [6, 6.07) is 4.12. The second-order valence-electron chi connectivity index (χ2n) is 6.90. The van der Waals surface area contributed by atoms with E-state index in [1.165, 1.54) is 12.8 Å². The highest BCUT2D eigenvalue weighted by Gasteiger charge is 2.23. The SMILES string of the molecule is O=C(CN1CCCC1)NC1CCc2nnc(-c3ccncc3)n2CC1. The lowest BCUT2D eigenvalue weighted by molar-refractivity contribution is -0.122. The van der Waals surface area contributed by atoms with Crippen LogP contribution in [0.4, 0.5) is 0 Å². The van der Waals surface area contributed by atoms with Crippen LogP contribution in [0.5, 0.6) is 0 Å². The number of carbonyl (C=O) groups excluding carboxylic acids is 1. The zero-order chi connectivity index (χ0) is 17.1. The summed E-state index contributed by atoms with van der Waals surface area (Å²) in [6.07, 6.45) is 8.64. The van der Waals surface area contributed by atoms with E-state index in [2.05, 4.69) is 30.0 Å². The van der Waals surface area contributed by atoms with Crippen LogP contribution in [0.3, 0.4) is 0 Å². The molecule has 2 aromatic rings. The Morgan fingerprint density at radius 1 is 1.12 bits per heavy atom. The first-order valence-electron chi connectivity index (χ1n) is 9.14. The fourth-order valence-corrected chi connectivity index (χ4v) is 3.76. The van der Waals surface area contributed by atoms with E-state index >= 15 is 0 Å². The first-order chi connectivity index (χ1) is 12.3. The Morgan fingerprint density at radius 3 is 2.72 bits per heavy atom. The van der Waals surface area contributed by atoms with Crippen molar-refractivity contribution in [2.45, 2.75) is 44.7 Å². The Hall–Kier alpha value is -2.28. The molecular weight excluding hydrogens is 316 g/mol. The maximum absolute atomic E-state index is 12.3. The number of aromatic nitrogens is 4. The van der Waals surface area contributed by atoms with Crippen molar-refractivity contribution in [3.63, 3.8) is 0 Å². The summed E-state index contributed by atoms with van der Waals surface area (Å²) in [5, 5.41) is 11.9. The van der Waals surface area contributed by atoms with Gasteiger partial charge in [-0.25, -0.2) is 0 Å². The van der Waals surface area contributed by atoms with Crippen molar-refractivity contribution in [2.75, 3.05) is 19.6 Å². The Balaban J connectivity index is 1.39. The van der Waals surface area contributed by atoms with Crippen molar-refractivity contribution in [1.82, 2.24) is 30.0 Å². The van der Waals surface area contributed by atoms with Gasteiger partial charge in [-0.3, -0.25) is 14.7 Å². The number of nitrogens with zero attached hydrogens (tertiary/aromatic N) is 5. The third kappa shape index (κ3) is 3.71. The maximum atomic E-state index is 12.3. The molecule has 4 rings (SSSR count). The highest BCUT2D eigenvalue weighted by atomic mass is 16.2. The van der Waals surface area contributed by atoms with Gasteiger partial charge < -0.3 is 9.88 Å². The average molecular weight is 340 g/mol. The highest BCUT2D eigenvalue weighted by molar-refractivity contribution is 5.78. The Morgan fingerprint density at radius 2 is 1.92 bits per heavy atom. The minimum atomic E-state index is 0.152.